The molecule has 0 saturated heterocycles. The van der Waals surface area contributed by atoms with Gasteiger partial charge in [0.1, 0.15) is 0 Å². The van der Waals surface area contributed by atoms with E-state index in [4.69, 9.17) is 5.10 Å². The maximum Gasteiger partial charge on any atom is 0.0821 e. The molecule has 1 saturated carbocycles. The van der Waals surface area contributed by atoms with Crippen molar-refractivity contribution in [2.45, 2.75) is 51.2 Å². The van der Waals surface area contributed by atoms with Crippen molar-refractivity contribution in [3.8, 4) is 0 Å². The highest BCUT2D eigenvalue weighted by Crippen LogP contribution is 2.28. The van der Waals surface area contributed by atoms with Crippen LogP contribution < -0.4 is 5.32 Å². The second kappa shape index (κ2) is 5.83. The normalized spacial score (nSPS) is 17.7. The van der Waals surface area contributed by atoms with Crippen LogP contribution in [0.2, 0.25) is 0 Å². The second-order valence-electron chi connectivity index (χ2n) is 5.85. The zero-order valence-corrected chi connectivity index (χ0v) is 12.4. The lowest BCUT2D eigenvalue weighted by molar-refractivity contribution is 0.461. The molecule has 0 radical (unpaired) electrons. The van der Waals surface area contributed by atoms with Crippen LogP contribution in [0.25, 0.3) is 0 Å². The maximum absolute atomic E-state index is 4.74. The van der Waals surface area contributed by atoms with Crippen LogP contribution in [0.1, 0.15) is 55.9 Å². The number of nitrogens with zero attached hydrogens (tertiary/aromatic N) is 3. The number of hydrogen-bond donors (Lipinski definition) is 1. The van der Waals surface area contributed by atoms with E-state index in [1.807, 2.05) is 7.05 Å². The summed E-state index contributed by atoms with van der Waals surface area (Å²) in [6, 6.07) is 5.36. The Kier molecular flexibility index (Phi) is 3.92. The highest BCUT2D eigenvalue weighted by atomic mass is 15.3. The lowest BCUT2D eigenvalue weighted by Crippen LogP contribution is -2.11. The van der Waals surface area contributed by atoms with Crippen LogP contribution in [-0.4, -0.2) is 21.4 Å². The largest absolute Gasteiger partial charge is 0.348 e. The minimum Gasteiger partial charge on any atom is -0.348 e. The van der Waals surface area contributed by atoms with E-state index in [0.717, 1.165) is 12.2 Å². The van der Waals surface area contributed by atoms with Crippen LogP contribution >= 0.6 is 0 Å². The fourth-order valence-electron chi connectivity index (χ4n) is 3.00. The molecule has 0 aromatic carbocycles. The summed E-state index contributed by atoms with van der Waals surface area (Å²) in [4.78, 5) is 0. The summed E-state index contributed by atoms with van der Waals surface area (Å²) in [7, 11) is 1.99. The predicted octanol–water partition coefficient (Wildman–Crippen LogP) is 3.13. The van der Waals surface area contributed by atoms with Gasteiger partial charge >= 0.3 is 0 Å². The number of aromatic nitrogens is 3. The zero-order chi connectivity index (χ0) is 13.9. The van der Waals surface area contributed by atoms with Crippen molar-refractivity contribution in [3.63, 3.8) is 0 Å². The van der Waals surface area contributed by atoms with Gasteiger partial charge in [-0.05, 0) is 44.5 Å². The molecule has 3 rings (SSSR count). The van der Waals surface area contributed by atoms with Gasteiger partial charge in [-0.3, -0.25) is 4.68 Å². The Morgan fingerprint density at radius 1 is 1.30 bits per heavy atom. The Labute approximate surface area is 120 Å². The van der Waals surface area contributed by atoms with Crippen molar-refractivity contribution in [3.05, 3.63) is 42.0 Å². The van der Waals surface area contributed by atoms with E-state index in [-0.39, 0.29) is 0 Å². The topological polar surface area (TPSA) is 34.8 Å². The summed E-state index contributed by atoms with van der Waals surface area (Å²) in [5.74, 6) is 0. The molecular weight excluding hydrogens is 248 g/mol. The van der Waals surface area contributed by atoms with Crippen molar-refractivity contribution < 1.29 is 0 Å². The molecule has 4 heteroatoms. The molecule has 108 valence electrons. The smallest absolute Gasteiger partial charge is 0.0821 e. The fourth-order valence-corrected chi connectivity index (χ4v) is 3.00. The number of nitrogens with one attached hydrogen (secondary N) is 1. The first-order chi connectivity index (χ1) is 9.76. The average Bonchev–Trinajstić information content (AvgIpc) is 3.19. The third-order valence-corrected chi connectivity index (χ3v) is 4.41. The Balaban J connectivity index is 1.66. The standard InChI is InChI=1S/C16H24N4/c1-13(17-2)14-7-9-19(11-14)12-15-8-10-20(18-15)16-5-3-4-6-16/h7-11,13,16-17H,3-6,12H2,1-2H3. The average molecular weight is 272 g/mol. The van der Waals surface area contributed by atoms with Crippen LogP contribution in [0, 0.1) is 0 Å². The molecule has 1 aliphatic carbocycles. The van der Waals surface area contributed by atoms with E-state index in [0.29, 0.717) is 12.1 Å². The quantitative estimate of drug-likeness (QED) is 0.907. The maximum atomic E-state index is 4.74. The van der Waals surface area contributed by atoms with Gasteiger partial charge in [-0.2, -0.15) is 5.10 Å². The van der Waals surface area contributed by atoms with Crippen molar-refractivity contribution in [1.82, 2.24) is 19.7 Å². The summed E-state index contributed by atoms with van der Waals surface area (Å²) in [5, 5.41) is 8.01. The third kappa shape index (κ3) is 2.80. The first-order valence-electron chi connectivity index (χ1n) is 7.63. The molecule has 1 fully saturated rings. The highest BCUT2D eigenvalue weighted by molar-refractivity contribution is 5.15. The molecule has 0 amide bonds. The molecule has 0 bridgehead atoms. The van der Waals surface area contributed by atoms with Gasteiger partial charge < -0.3 is 9.88 Å². The lowest BCUT2D eigenvalue weighted by atomic mass is 10.2. The molecule has 2 aromatic heterocycles. The molecule has 0 aliphatic heterocycles. The van der Waals surface area contributed by atoms with Crippen LogP contribution in [0.5, 0.6) is 0 Å². The van der Waals surface area contributed by atoms with Gasteiger partial charge in [-0.1, -0.05) is 12.8 Å². The SMILES string of the molecule is CNC(C)c1ccn(Cc2ccn(C3CCCC3)n2)c1. The Morgan fingerprint density at radius 3 is 2.85 bits per heavy atom. The molecule has 20 heavy (non-hydrogen) atoms. The van der Waals surface area contributed by atoms with Gasteiger partial charge in [-0.25, -0.2) is 0 Å². The van der Waals surface area contributed by atoms with Gasteiger partial charge in [-0.15, -0.1) is 0 Å². The molecule has 1 unspecified atom stereocenters. The number of rotatable bonds is 5. The van der Waals surface area contributed by atoms with Crippen LogP contribution in [-0.2, 0) is 6.54 Å². The number of hydrogen-bond acceptors (Lipinski definition) is 2. The molecule has 2 heterocycles. The Morgan fingerprint density at radius 2 is 2.10 bits per heavy atom. The fraction of sp³-hybridized carbons (Fsp3) is 0.562. The van der Waals surface area contributed by atoms with Crippen molar-refractivity contribution >= 4 is 0 Å². The summed E-state index contributed by atoms with van der Waals surface area (Å²) in [5.41, 5.74) is 2.47. The minimum absolute atomic E-state index is 0.396. The lowest BCUT2D eigenvalue weighted by Gasteiger charge is -2.09. The van der Waals surface area contributed by atoms with Crippen molar-refractivity contribution in [1.29, 1.82) is 0 Å². The van der Waals surface area contributed by atoms with Gasteiger partial charge in [0.05, 0.1) is 18.3 Å². The Bertz CT molecular complexity index is 548. The monoisotopic (exact) mass is 272 g/mol. The first-order valence-corrected chi connectivity index (χ1v) is 7.63. The molecule has 2 aromatic rings. The van der Waals surface area contributed by atoms with Crippen LogP contribution in [0.4, 0.5) is 0 Å². The molecule has 1 aliphatic rings. The third-order valence-electron chi connectivity index (χ3n) is 4.41. The van der Waals surface area contributed by atoms with Gasteiger partial charge in [0, 0.05) is 24.6 Å². The van der Waals surface area contributed by atoms with E-state index in [1.54, 1.807) is 0 Å². The van der Waals surface area contributed by atoms with E-state index in [2.05, 4.69) is 52.2 Å². The van der Waals surface area contributed by atoms with E-state index in [1.165, 1.54) is 31.2 Å². The zero-order valence-electron chi connectivity index (χ0n) is 12.4. The van der Waals surface area contributed by atoms with Crippen molar-refractivity contribution in [2.24, 2.45) is 0 Å². The first kappa shape index (κ1) is 13.4. The highest BCUT2D eigenvalue weighted by Gasteiger charge is 2.17. The molecular formula is C16H24N4. The molecule has 4 nitrogen and oxygen atoms in total. The molecule has 1 N–H and O–H groups in total. The summed E-state index contributed by atoms with van der Waals surface area (Å²) in [6.07, 6.45) is 11.8. The van der Waals surface area contributed by atoms with E-state index in [9.17, 15) is 0 Å². The predicted molar refractivity (Wildman–Crippen MR) is 80.7 cm³/mol. The molecule has 1 atom stereocenters. The Hall–Kier alpha value is -1.55. The van der Waals surface area contributed by atoms with Gasteiger partial charge in [0.2, 0.25) is 0 Å². The summed E-state index contributed by atoms with van der Waals surface area (Å²) >= 11 is 0. The summed E-state index contributed by atoms with van der Waals surface area (Å²) in [6.45, 7) is 3.03. The van der Waals surface area contributed by atoms with E-state index < -0.39 is 0 Å². The van der Waals surface area contributed by atoms with Gasteiger partial charge in [0.25, 0.3) is 0 Å². The van der Waals surface area contributed by atoms with Gasteiger partial charge in [0.15, 0.2) is 0 Å². The van der Waals surface area contributed by atoms with E-state index >= 15 is 0 Å². The summed E-state index contributed by atoms with van der Waals surface area (Å²) < 4.78 is 4.38. The van der Waals surface area contributed by atoms with Crippen molar-refractivity contribution in [2.75, 3.05) is 7.05 Å². The minimum atomic E-state index is 0.396. The van der Waals surface area contributed by atoms with Crippen LogP contribution in [0.15, 0.2) is 30.7 Å². The second-order valence-corrected chi connectivity index (χ2v) is 5.85. The molecule has 0 spiro atoms. The van der Waals surface area contributed by atoms with Crippen LogP contribution in [0.3, 0.4) is 0 Å².